The SMILES string of the molecule is N#Cc1ccc(S(=O)(=O)Nc2c(N)cccc2F)s1. The lowest BCUT2D eigenvalue weighted by Crippen LogP contribution is -2.14. The normalized spacial score (nSPS) is 10.9. The predicted octanol–water partition coefficient (Wildman–Crippen LogP) is 2.14. The number of nitrogen functional groups attached to an aromatic ring is 1. The van der Waals surface area contributed by atoms with E-state index in [1.807, 2.05) is 6.07 Å². The fraction of sp³-hybridized carbons (Fsp3) is 0. The molecule has 2 aromatic rings. The molecule has 0 unspecified atom stereocenters. The number of nitriles is 1. The van der Waals surface area contributed by atoms with E-state index in [0.29, 0.717) is 0 Å². The minimum absolute atomic E-state index is 0.0133. The van der Waals surface area contributed by atoms with Gasteiger partial charge in [-0.25, -0.2) is 12.8 Å². The van der Waals surface area contributed by atoms with E-state index in [-0.39, 0.29) is 20.5 Å². The van der Waals surface area contributed by atoms with Crippen LogP contribution >= 0.6 is 11.3 Å². The Morgan fingerprint density at radius 1 is 1.32 bits per heavy atom. The molecule has 3 N–H and O–H groups in total. The van der Waals surface area contributed by atoms with E-state index >= 15 is 0 Å². The van der Waals surface area contributed by atoms with Crippen LogP contribution in [0.25, 0.3) is 0 Å². The van der Waals surface area contributed by atoms with E-state index in [9.17, 15) is 12.8 Å². The van der Waals surface area contributed by atoms with Gasteiger partial charge in [-0.1, -0.05) is 6.07 Å². The van der Waals surface area contributed by atoms with Crippen LogP contribution in [-0.2, 0) is 10.0 Å². The van der Waals surface area contributed by atoms with Crippen molar-refractivity contribution in [2.45, 2.75) is 4.21 Å². The molecular formula is C11H8FN3O2S2. The number of para-hydroxylation sites is 1. The fourth-order valence-electron chi connectivity index (χ4n) is 1.36. The zero-order valence-electron chi connectivity index (χ0n) is 9.42. The molecule has 2 rings (SSSR count). The van der Waals surface area contributed by atoms with Crippen LogP contribution in [0.3, 0.4) is 0 Å². The molecule has 0 bridgehead atoms. The number of halogens is 1. The molecule has 0 aliphatic carbocycles. The van der Waals surface area contributed by atoms with Gasteiger partial charge < -0.3 is 5.73 Å². The maximum Gasteiger partial charge on any atom is 0.271 e. The first-order valence-electron chi connectivity index (χ1n) is 5.01. The standard InChI is InChI=1S/C11H8FN3O2S2/c12-8-2-1-3-9(14)11(8)15-19(16,17)10-5-4-7(6-13)18-10/h1-5,15H,14H2. The molecule has 8 heteroatoms. The summed E-state index contributed by atoms with van der Waals surface area (Å²) in [6.45, 7) is 0. The van der Waals surface area contributed by atoms with E-state index in [1.54, 1.807) is 0 Å². The molecule has 0 amide bonds. The number of anilines is 2. The zero-order valence-corrected chi connectivity index (χ0v) is 11.1. The number of hydrogen-bond acceptors (Lipinski definition) is 5. The molecule has 0 aliphatic heterocycles. The van der Waals surface area contributed by atoms with Gasteiger partial charge in [-0.2, -0.15) is 5.26 Å². The highest BCUT2D eigenvalue weighted by Crippen LogP contribution is 2.27. The van der Waals surface area contributed by atoms with Crippen LogP contribution < -0.4 is 10.5 Å². The summed E-state index contributed by atoms with van der Waals surface area (Å²) in [5.74, 6) is -0.763. The molecule has 0 spiro atoms. The smallest absolute Gasteiger partial charge is 0.271 e. The van der Waals surface area contributed by atoms with E-state index in [1.165, 1.54) is 24.3 Å². The van der Waals surface area contributed by atoms with Crippen LogP contribution in [0.5, 0.6) is 0 Å². The maximum absolute atomic E-state index is 13.5. The van der Waals surface area contributed by atoms with Crippen molar-refractivity contribution < 1.29 is 12.8 Å². The molecule has 1 aromatic carbocycles. The van der Waals surface area contributed by atoms with Crippen molar-refractivity contribution in [1.29, 1.82) is 5.26 Å². The molecule has 1 aromatic heterocycles. The van der Waals surface area contributed by atoms with Gasteiger partial charge in [0.05, 0.1) is 5.69 Å². The average molecular weight is 297 g/mol. The third kappa shape index (κ3) is 2.67. The lowest BCUT2D eigenvalue weighted by atomic mass is 10.3. The van der Waals surface area contributed by atoms with Gasteiger partial charge in [0.2, 0.25) is 0 Å². The predicted molar refractivity (Wildman–Crippen MR) is 70.7 cm³/mol. The third-order valence-corrected chi connectivity index (χ3v) is 5.07. The van der Waals surface area contributed by atoms with Crippen LogP contribution in [-0.4, -0.2) is 8.42 Å². The second kappa shape index (κ2) is 4.87. The number of sulfonamides is 1. The summed E-state index contributed by atoms with van der Waals surface area (Å²) in [4.78, 5) is 0.252. The molecular weight excluding hydrogens is 289 g/mol. The molecule has 98 valence electrons. The van der Waals surface area contributed by atoms with Gasteiger partial charge in [0.1, 0.15) is 26.7 Å². The summed E-state index contributed by atoms with van der Waals surface area (Å²) in [5.41, 5.74) is 5.21. The number of nitrogens with zero attached hydrogens (tertiary/aromatic N) is 1. The summed E-state index contributed by atoms with van der Waals surface area (Å²) in [6, 6.07) is 8.35. The molecule has 0 saturated carbocycles. The van der Waals surface area contributed by atoms with Crippen LogP contribution in [0.1, 0.15) is 4.88 Å². The van der Waals surface area contributed by atoms with Crippen molar-refractivity contribution in [3.63, 3.8) is 0 Å². The van der Waals surface area contributed by atoms with Crippen LogP contribution in [0, 0.1) is 17.1 Å². The topological polar surface area (TPSA) is 96.0 Å². The van der Waals surface area contributed by atoms with Crippen molar-refractivity contribution in [1.82, 2.24) is 0 Å². The van der Waals surface area contributed by atoms with Crippen molar-refractivity contribution in [3.05, 3.63) is 41.0 Å². The fourth-order valence-corrected chi connectivity index (χ4v) is 3.56. The summed E-state index contributed by atoms with van der Waals surface area (Å²) in [7, 11) is -3.95. The second-order valence-electron chi connectivity index (χ2n) is 3.54. The van der Waals surface area contributed by atoms with Crippen molar-refractivity contribution >= 4 is 32.7 Å². The average Bonchev–Trinajstić information content (AvgIpc) is 2.83. The largest absolute Gasteiger partial charge is 0.397 e. The van der Waals surface area contributed by atoms with Crippen molar-refractivity contribution in [3.8, 4) is 6.07 Å². The van der Waals surface area contributed by atoms with Gasteiger partial charge in [0.15, 0.2) is 0 Å². The number of benzene rings is 1. The van der Waals surface area contributed by atoms with Crippen LogP contribution in [0.4, 0.5) is 15.8 Å². The summed E-state index contributed by atoms with van der Waals surface area (Å²) in [5, 5.41) is 8.66. The van der Waals surface area contributed by atoms with Gasteiger partial charge in [-0.3, -0.25) is 4.72 Å². The lowest BCUT2D eigenvalue weighted by molar-refractivity contribution is 0.600. The molecule has 19 heavy (non-hydrogen) atoms. The summed E-state index contributed by atoms with van der Waals surface area (Å²) >= 11 is 0.796. The molecule has 0 radical (unpaired) electrons. The molecule has 5 nitrogen and oxygen atoms in total. The second-order valence-corrected chi connectivity index (χ2v) is 6.53. The van der Waals surface area contributed by atoms with Crippen molar-refractivity contribution in [2.24, 2.45) is 0 Å². The Hall–Kier alpha value is -2.11. The first kappa shape index (κ1) is 13.3. The summed E-state index contributed by atoms with van der Waals surface area (Å²) < 4.78 is 39.5. The van der Waals surface area contributed by atoms with E-state index < -0.39 is 15.8 Å². The third-order valence-electron chi connectivity index (χ3n) is 2.24. The summed E-state index contributed by atoms with van der Waals surface area (Å²) in [6.07, 6.45) is 0. The molecule has 1 heterocycles. The van der Waals surface area contributed by atoms with E-state index in [2.05, 4.69) is 4.72 Å². The number of hydrogen-bond donors (Lipinski definition) is 2. The highest BCUT2D eigenvalue weighted by molar-refractivity contribution is 7.94. The molecule has 0 saturated heterocycles. The van der Waals surface area contributed by atoms with E-state index in [0.717, 1.165) is 17.4 Å². The number of nitrogens with one attached hydrogen (secondary N) is 1. The number of thiophene rings is 1. The van der Waals surface area contributed by atoms with E-state index in [4.69, 9.17) is 11.0 Å². The van der Waals surface area contributed by atoms with Gasteiger partial charge in [-0.15, -0.1) is 11.3 Å². The Morgan fingerprint density at radius 3 is 2.63 bits per heavy atom. The Bertz CT molecular complexity index is 742. The Morgan fingerprint density at radius 2 is 2.05 bits per heavy atom. The zero-order chi connectivity index (χ0) is 14.0. The first-order valence-corrected chi connectivity index (χ1v) is 7.31. The number of rotatable bonds is 3. The van der Waals surface area contributed by atoms with Gasteiger partial charge in [-0.05, 0) is 24.3 Å². The van der Waals surface area contributed by atoms with Crippen LogP contribution in [0.15, 0.2) is 34.5 Å². The highest BCUT2D eigenvalue weighted by Gasteiger charge is 2.20. The van der Waals surface area contributed by atoms with Crippen molar-refractivity contribution in [2.75, 3.05) is 10.5 Å². The van der Waals surface area contributed by atoms with Gasteiger partial charge >= 0.3 is 0 Å². The minimum atomic E-state index is -3.95. The Labute approximate surface area is 113 Å². The maximum atomic E-state index is 13.5. The Balaban J connectivity index is 2.40. The lowest BCUT2D eigenvalue weighted by Gasteiger charge is -2.09. The monoisotopic (exact) mass is 297 g/mol. The first-order chi connectivity index (χ1) is 8.94. The highest BCUT2D eigenvalue weighted by atomic mass is 32.2. The van der Waals surface area contributed by atoms with Gasteiger partial charge in [0, 0.05) is 0 Å². The quantitative estimate of drug-likeness (QED) is 0.848. The minimum Gasteiger partial charge on any atom is -0.397 e. The molecule has 0 fully saturated rings. The number of nitrogens with two attached hydrogens (primary N) is 1. The molecule has 0 aliphatic rings. The van der Waals surface area contributed by atoms with Gasteiger partial charge in [0.25, 0.3) is 10.0 Å². The van der Waals surface area contributed by atoms with Crippen LogP contribution in [0.2, 0.25) is 0 Å². The Kier molecular flexibility index (Phi) is 3.42. The molecule has 0 atom stereocenters.